The first kappa shape index (κ1) is 30.6. The van der Waals surface area contributed by atoms with Crippen LogP contribution < -0.4 is 10.2 Å². The Bertz CT molecular complexity index is 1790. The van der Waals surface area contributed by atoms with Gasteiger partial charge in [0, 0.05) is 53.3 Å². The lowest BCUT2D eigenvalue weighted by Gasteiger charge is -2.36. The lowest BCUT2D eigenvalue weighted by molar-refractivity contribution is 0.0630. The first-order valence-electron chi connectivity index (χ1n) is 14.7. The summed E-state index contributed by atoms with van der Waals surface area (Å²) < 4.78 is 5.75. The van der Waals surface area contributed by atoms with Crippen molar-refractivity contribution in [2.75, 3.05) is 23.4 Å². The monoisotopic (exact) mass is 638 g/mol. The number of rotatable bonds is 7. The highest BCUT2D eigenvalue weighted by atomic mass is 32.1. The van der Waals surface area contributed by atoms with Crippen molar-refractivity contribution in [2.45, 2.75) is 44.6 Å². The second kappa shape index (κ2) is 12.5. The summed E-state index contributed by atoms with van der Waals surface area (Å²) in [6, 6.07) is 21.1. The molecule has 4 heterocycles. The van der Waals surface area contributed by atoms with Gasteiger partial charge in [-0.2, -0.15) is 0 Å². The Morgan fingerprint density at radius 2 is 1.73 bits per heavy atom. The maximum absolute atomic E-state index is 13.7. The number of aromatic nitrogens is 2. The average Bonchev–Trinajstić information content (AvgIpc) is 3.76. The smallest absolute Gasteiger partial charge is 0.412 e. The normalized spacial score (nSPS) is 14.6. The van der Waals surface area contributed by atoms with E-state index in [1.807, 2.05) is 99.2 Å². The lowest BCUT2D eigenvalue weighted by Crippen LogP contribution is -2.45. The van der Waals surface area contributed by atoms with Gasteiger partial charge < -0.3 is 15.2 Å². The topological polar surface area (TPSA) is 105 Å². The number of carboxylic acid groups (broad SMARTS) is 1. The highest BCUT2D eigenvalue weighted by molar-refractivity contribution is 7.15. The maximum atomic E-state index is 13.7. The summed E-state index contributed by atoms with van der Waals surface area (Å²) in [5.74, 6) is -0.320. The molecule has 1 aliphatic rings. The Kier molecular flexibility index (Phi) is 8.54. The molecule has 45 heavy (non-hydrogen) atoms. The average molecular weight is 639 g/mol. The van der Waals surface area contributed by atoms with Crippen LogP contribution in [0.4, 0.5) is 16.2 Å². The summed E-state index contributed by atoms with van der Waals surface area (Å²) in [6.45, 7) is 6.73. The summed E-state index contributed by atoms with van der Waals surface area (Å²) >= 11 is 3.25. The second-order valence-corrected chi connectivity index (χ2v) is 14.0. The van der Waals surface area contributed by atoms with Crippen molar-refractivity contribution in [3.8, 4) is 20.9 Å². The molecule has 2 N–H and O–H groups in total. The first-order valence-corrected chi connectivity index (χ1v) is 16.4. The number of pyridine rings is 1. The summed E-state index contributed by atoms with van der Waals surface area (Å²) in [5.41, 5.74) is 3.27. The van der Waals surface area contributed by atoms with E-state index in [4.69, 9.17) is 9.72 Å². The third kappa shape index (κ3) is 6.26. The number of thiophene rings is 1. The van der Waals surface area contributed by atoms with Gasteiger partial charge >= 0.3 is 6.09 Å². The number of hydrogen-bond acceptors (Lipinski definition) is 7. The zero-order valence-electron chi connectivity index (χ0n) is 25.3. The molecule has 0 bridgehead atoms. The standard InChI is InChI=1S/C35H34N4O4S2/c1-34(2,3)39(33(41)42)28-13-10-24(29-7-5-19-44-29)20-27(28)38-31(40)23-8-11-26(12-9-23)35(14-17-43-18-15-35)32-37-22-30(45-32)25-6-4-16-36-21-25/h4-13,16,19-22H,14-15,17-18H2,1-3H3,(H,38,40)(H,41,42). The van der Waals surface area contributed by atoms with E-state index in [0.717, 1.165) is 44.3 Å². The number of hydrogen-bond donors (Lipinski definition) is 2. The van der Waals surface area contributed by atoms with Gasteiger partial charge in [0.05, 0.1) is 21.7 Å². The molecular formula is C35H34N4O4S2. The molecule has 6 rings (SSSR count). The van der Waals surface area contributed by atoms with Crippen LogP contribution in [0.25, 0.3) is 20.9 Å². The van der Waals surface area contributed by atoms with E-state index in [9.17, 15) is 14.7 Å². The van der Waals surface area contributed by atoms with Crippen molar-refractivity contribution in [3.63, 3.8) is 0 Å². The Labute approximate surface area is 270 Å². The third-order valence-electron chi connectivity index (χ3n) is 8.06. The van der Waals surface area contributed by atoms with Gasteiger partial charge in [-0.1, -0.05) is 30.3 Å². The van der Waals surface area contributed by atoms with Gasteiger partial charge in [0.2, 0.25) is 0 Å². The van der Waals surface area contributed by atoms with Crippen molar-refractivity contribution in [1.29, 1.82) is 0 Å². The predicted octanol–water partition coefficient (Wildman–Crippen LogP) is 8.57. The van der Waals surface area contributed by atoms with Gasteiger partial charge in [-0.3, -0.25) is 14.7 Å². The number of thiazole rings is 1. The minimum Gasteiger partial charge on any atom is -0.465 e. The van der Waals surface area contributed by atoms with Gasteiger partial charge in [0.15, 0.2) is 0 Å². The Hall–Kier alpha value is -4.38. The molecule has 0 atom stereocenters. The van der Waals surface area contributed by atoms with E-state index in [1.54, 1.807) is 34.9 Å². The SMILES string of the molecule is CC(C)(C)N(C(=O)O)c1ccc(-c2cccs2)cc1NC(=O)c1ccc(C2(c3ncc(-c4cccnc4)s3)CCOCC2)cc1. The van der Waals surface area contributed by atoms with Gasteiger partial charge in [-0.15, -0.1) is 22.7 Å². The van der Waals surface area contributed by atoms with E-state index in [-0.39, 0.29) is 11.3 Å². The van der Waals surface area contributed by atoms with Crippen molar-refractivity contribution < 1.29 is 19.4 Å². The van der Waals surface area contributed by atoms with Gasteiger partial charge in [0.1, 0.15) is 5.01 Å². The number of amides is 2. The van der Waals surface area contributed by atoms with E-state index < -0.39 is 11.6 Å². The van der Waals surface area contributed by atoms with Crippen LogP contribution in [0.2, 0.25) is 0 Å². The Balaban J connectivity index is 1.31. The highest BCUT2D eigenvalue weighted by Crippen LogP contribution is 2.44. The first-order chi connectivity index (χ1) is 21.7. The van der Waals surface area contributed by atoms with E-state index in [0.29, 0.717) is 30.2 Å². The molecule has 2 amide bonds. The minimum absolute atomic E-state index is 0.320. The zero-order valence-corrected chi connectivity index (χ0v) is 27.0. The highest BCUT2D eigenvalue weighted by Gasteiger charge is 2.39. The molecule has 0 aliphatic carbocycles. The molecule has 8 nitrogen and oxygen atoms in total. The summed E-state index contributed by atoms with van der Waals surface area (Å²) in [7, 11) is 0. The van der Waals surface area contributed by atoms with Crippen LogP contribution in [-0.4, -0.2) is 45.8 Å². The summed E-state index contributed by atoms with van der Waals surface area (Å²) in [5, 5.41) is 16.2. The van der Waals surface area contributed by atoms with E-state index >= 15 is 0 Å². The predicted molar refractivity (Wildman–Crippen MR) is 181 cm³/mol. The molecule has 3 aromatic heterocycles. The van der Waals surface area contributed by atoms with Gasteiger partial charge in [-0.25, -0.2) is 9.78 Å². The van der Waals surface area contributed by atoms with Crippen LogP contribution in [0.3, 0.4) is 0 Å². The fraction of sp³-hybridized carbons (Fsp3) is 0.257. The fourth-order valence-electron chi connectivity index (χ4n) is 5.80. The molecular weight excluding hydrogens is 605 g/mol. The fourth-order valence-corrected chi connectivity index (χ4v) is 7.70. The third-order valence-corrected chi connectivity index (χ3v) is 10.2. The summed E-state index contributed by atoms with van der Waals surface area (Å²) in [4.78, 5) is 38.6. The van der Waals surface area contributed by atoms with Crippen molar-refractivity contribution in [3.05, 3.63) is 107 Å². The largest absolute Gasteiger partial charge is 0.465 e. The molecule has 10 heteroatoms. The lowest BCUT2D eigenvalue weighted by atomic mass is 9.74. The number of benzene rings is 2. The molecule has 0 spiro atoms. The van der Waals surface area contributed by atoms with Gasteiger partial charge in [0.25, 0.3) is 5.91 Å². The molecule has 230 valence electrons. The zero-order chi connectivity index (χ0) is 31.6. The van der Waals surface area contributed by atoms with Crippen LogP contribution in [0.5, 0.6) is 0 Å². The number of anilines is 2. The Morgan fingerprint density at radius 3 is 2.38 bits per heavy atom. The molecule has 0 radical (unpaired) electrons. The van der Waals surface area contributed by atoms with Gasteiger partial charge in [-0.05, 0) is 86.5 Å². The second-order valence-electron chi connectivity index (χ2n) is 12.0. The number of nitrogens with one attached hydrogen (secondary N) is 1. The molecule has 0 saturated carbocycles. The van der Waals surface area contributed by atoms with E-state index in [2.05, 4.69) is 10.3 Å². The van der Waals surface area contributed by atoms with E-state index in [1.165, 1.54) is 4.90 Å². The number of carbonyl (C=O) groups is 2. The summed E-state index contributed by atoms with van der Waals surface area (Å²) in [6.07, 6.45) is 6.00. The Morgan fingerprint density at radius 1 is 0.956 bits per heavy atom. The molecule has 0 unspecified atom stereocenters. The van der Waals surface area contributed by atoms with Crippen LogP contribution in [-0.2, 0) is 10.2 Å². The van der Waals surface area contributed by atoms with Crippen LogP contribution in [0.15, 0.2) is 90.7 Å². The molecule has 1 saturated heterocycles. The molecule has 1 aliphatic heterocycles. The molecule has 1 fully saturated rings. The van der Waals surface area contributed by atoms with Crippen molar-refractivity contribution in [2.24, 2.45) is 0 Å². The van der Waals surface area contributed by atoms with Crippen molar-refractivity contribution >= 4 is 46.0 Å². The van der Waals surface area contributed by atoms with Crippen LogP contribution in [0.1, 0.15) is 54.5 Å². The van der Waals surface area contributed by atoms with Crippen molar-refractivity contribution in [1.82, 2.24) is 9.97 Å². The van der Waals surface area contributed by atoms with Crippen LogP contribution >= 0.6 is 22.7 Å². The maximum Gasteiger partial charge on any atom is 0.412 e. The number of carbonyl (C=O) groups excluding carboxylic acids is 1. The van der Waals surface area contributed by atoms with Crippen LogP contribution in [0, 0.1) is 0 Å². The number of nitrogens with zero attached hydrogens (tertiary/aromatic N) is 3. The molecule has 2 aromatic carbocycles. The quantitative estimate of drug-likeness (QED) is 0.185. The molecule has 5 aromatic rings. The number of ether oxygens (including phenoxy) is 1. The minimum atomic E-state index is -1.10.